The molecule has 1 aromatic rings. The average molecular weight is 214 g/mol. The molecule has 0 saturated carbocycles. The number of hydrogen-bond donors (Lipinski definition) is 4. The predicted molar refractivity (Wildman–Crippen MR) is 50.8 cm³/mol. The molecule has 15 heavy (non-hydrogen) atoms. The van der Waals surface area contributed by atoms with E-state index in [-0.39, 0.29) is 5.95 Å². The predicted octanol–water partition coefficient (Wildman–Crippen LogP) is -1.27. The van der Waals surface area contributed by atoms with Crippen LogP contribution in [0.5, 0.6) is 0 Å². The highest BCUT2D eigenvalue weighted by atomic mass is 16.4. The number of carboxylic acid groups (broad SMARTS) is 1. The van der Waals surface area contributed by atoms with Gasteiger partial charge in [0.15, 0.2) is 0 Å². The first-order valence-corrected chi connectivity index (χ1v) is 4.03. The zero-order valence-corrected chi connectivity index (χ0v) is 8.12. The fraction of sp³-hybridized carbons (Fsp3) is 0.429. The number of aromatic nitrogens is 3. The van der Waals surface area contributed by atoms with E-state index in [2.05, 4.69) is 15.3 Å². The lowest BCUT2D eigenvalue weighted by Crippen LogP contribution is -2.42. The maximum absolute atomic E-state index is 10.8. The number of hydrogen-bond acceptors (Lipinski definition) is 5. The van der Waals surface area contributed by atoms with E-state index in [1.165, 1.54) is 13.8 Å². The molecule has 0 fully saturated rings. The zero-order valence-electron chi connectivity index (χ0n) is 8.12. The SMILES string of the molecule is CC(C)(Nc1nc(=O)[nH]c(=O)[nH]1)C(=O)O. The van der Waals surface area contributed by atoms with Crippen molar-refractivity contribution in [3.8, 4) is 0 Å². The van der Waals surface area contributed by atoms with E-state index in [1.807, 2.05) is 4.98 Å². The molecular weight excluding hydrogens is 204 g/mol. The van der Waals surface area contributed by atoms with E-state index < -0.39 is 22.9 Å². The van der Waals surface area contributed by atoms with Gasteiger partial charge in [0.2, 0.25) is 5.95 Å². The Kier molecular flexibility index (Phi) is 2.60. The molecule has 8 nitrogen and oxygen atoms in total. The van der Waals surface area contributed by atoms with Crippen LogP contribution >= 0.6 is 0 Å². The van der Waals surface area contributed by atoms with Gasteiger partial charge in [-0.25, -0.2) is 14.4 Å². The molecule has 0 radical (unpaired) electrons. The first kappa shape index (κ1) is 11.0. The molecule has 0 saturated heterocycles. The van der Waals surface area contributed by atoms with Crippen LogP contribution in [0.3, 0.4) is 0 Å². The average Bonchev–Trinajstić information content (AvgIpc) is 1.99. The van der Waals surface area contributed by atoms with Gasteiger partial charge in [0.05, 0.1) is 0 Å². The number of H-pyrrole nitrogens is 2. The van der Waals surface area contributed by atoms with Crippen LogP contribution in [0.2, 0.25) is 0 Å². The second kappa shape index (κ2) is 3.56. The van der Waals surface area contributed by atoms with Crippen molar-refractivity contribution in [2.24, 2.45) is 0 Å². The Balaban J connectivity index is 3.05. The highest BCUT2D eigenvalue weighted by molar-refractivity contribution is 5.80. The number of carboxylic acids is 1. The lowest BCUT2D eigenvalue weighted by Gasteiger charge is -2.20. The second-order valence-corrected chi connectivity index (χ2v) is 3.40. The van der Waals surface area contributed by atoms with Crippen molar-refractivity contribution in [3.63, 3.8) is 0 Å². The first-order valence-electron chi connectivity index (χ1n) is 4.03. The Morgan fingerprint density at radius 1 is 1.40 bits per heavy atom. The molecule has 0 aliphatic heterocycles. The third-order valence-electron chi connectivity index (χ3n) is 1.63. The summed E-state index contributed by atoms with van der Waals surface area (Å²) in [5.74, 6) is -1.32. The van der Waals surface area contributed by atoms with Gasteiger partial charge < -0.3 is 10.4 Å². The maximum Gasteiger partial charge on any atom is 0.352 e. The molecule has 4 N–H and O–H groups in total. The van der Waals surface area contributed by atoms with Gasteiger partial charge in [0.1, 0.15) is 5.54 Å². The van der Waals surface area contributed by atoms with E-state index in [1.54, 1.807) is 0 Å². The monoisotopic (exact) mass is 214 g/mol. The van der Waals surface area contributed by atoms with E-state index in [0.29, 0.717) is 0 Å². The van der Waals surface area contributed by atoms with Crippen LogP contribution in [0.1, 0.15) is 13.8 Å². The van der Waals surface area contributed by atoms with Crippen molar-refractivity contribution < 1.29 is 9.90 Å². The molecule has 0 unspecified atom stereocenters. The topological polar surface area (TPSA) is 128 Å². The lowest BCUT2D eigenvalue weighted by molar-refractivity contribution is -0.141. The Bertz CT molecular complexity index is 458. The number of carbonyl (C=O) groups is 1. The van der Waals surface area contributed by atoms with Crippen LogP contribution in [0.15, 0.2) is 9.59 Å². The molecule has 1 aromatic heterocycles. The number of rotatable bonds is 3. The standard InChI is InChI=1S/C7H10N4O4/c1-7(2,3(12)13)11-4-8-5(14)10-6(15)9-4/h1-2H3,(H,12,13)(H3,8,9,10,11,14,15). The number of nitrogens with one attached hydrogen (secondary N) is 3. The van der Waals surface area contributed by atoms with Crippen LogP contribution in [0.25, 0.3) is 0 Å². The molecule has 82 valence electrons. The molecule has 1 rings (SSSR count). The molecule has 0 atom stereocenters. The van der Waals surface area contributed by atoms with Crippen LogP contribution in [0, 0.1) is 0 Å². The van der Waals surface area contributed by atoms with E-state index in [9.17, 15) is 14.4 Å². The largest absolute Gasteiger partial charge is 0.480 e. The minimum Gasteiger partial charge on any atom is -0.480 e. The van der Waals surface area contributed by atoms with Gasteiger partial charge in [-0.2, -0.15) is 4.98 Å². The van der Waals surface area contributed by atoms with Crippen molar-refractivity contribution >= 4 is 11.9 Å². The Hall–Kier alpha value is -2.12. The van der Waals surface area contributed by atoms with Crippen LogP contribution in [-0.2, 0) is 4.79 Å². The van der Waals surface area contributed by atoms with Crippen molar-refractivity contribution in [1.82, 2.24) is 15.0 Å². The molecule has 0 amide bonds. The molecule has 0 spiro atoms. The van der Waals surface area contributed by atoms with E-state index in [0.717, 1.165) is 0 Å². The first-order chi connectivity index (χ1) is 6.81. The molecule has 8 heteroatoms. The Morgan fingerprint density at radius 2 is 2.00 bits per heavy atom. The Morgan fingerprint density at radius 3 is 2.47 bits per heavy atom. The van der Waals surface area contributed by atoms with Crippen molar-refractivity contribution in [3.05, 3.63) is 21.0 Å². The van der Waals surface area contributed by atoms with E-state index in [4.69, 9.17) is 5.11 Å². The highest BCUT2D eigenvalue weighted by Crippen LogP contribution is 2.07. The van der Waals surface area contributed by atoms with Crippen LogP contribution in [-0.4, -0.2) is 31.6 Å². The molecule has 0 bridgehead atoms. The smallest absolute Gasteiger partial charge is 0.352 e. The summed E-state index contributed by atoms with van der Waals surface area (Å²) < 4.78 is 0. The second-order valence-electron chi connectivity index (χ2n) is 3.40. The molecule has 0 aromatic carbocycles. The Labute approximate surface area is 83.4 Å². The fourth-order valence-corrected chi connectivity index (χ4v) is 0.802. The number of anilines is 1. The maximum atomic E-state index is 10.8. The zero-order chi connectivity index (χ0) is 11.6. The van der Waals surface area contributed by atoms with E-state index >= 15 is 0 Å². The lowest BCUT2D eigenvalue weighted by atomic mass is 10.1. The van der Waals surface area contributed by atoms with Gasteiger partial charge >= 0.3 is 17.3 Å². The van der Waals surface area contributed by atoms with Gasteiger partial charge in [-0.1, -0.05) is 0 Å². The van der Waals surface area contributed by atoms with Crippen molar-refractivity contribution in [2.75, 3.05) is 5.32 Å². The van der Waals surface area contributed by atoms with Gasteiger partial charge in [0.25, 0.3) is 0 Å². The summed E-state index contributed by atoms with van der Waals surface area (Å²) in [7, 11) is 0. The van der Waals surface area contributed by atoms with Crippen molar-refractivity contribution in [1.29, 1.82) is 0 Å². The third-order valence-corrected chi connectivity index (χ3v) is 1.63. The summed E-state index contributed by atoms with van der Waals surface area (Å²) >= 11 is 0. The third kappa shape index (κ3) is 2.66. The normalized spacial score (nSPS) is 11.1. The fourth-order valence-electron chi connectivity index (χ4n) is 0.802. The molecule has 0 aliphatic carbocycles. The number of aromatic amines is 2. The number of nitrogens with zero attached hydrogens (tertiary/aromatic N) is 1. The molecule has 1 heterocycles. The molecular formula is C7H10N4O4. The molecule has 0 aliphatic rings. The van der Waals surface area contributed by atoms with Gasteiger partial charge in [-0.05, 0) is 13.8 Å². The summed E-state index contributed by atoms with van der Waals surface area (Å²) in [6.07, 6.45) is 0. The quantitative estimate of drug-likeness (QED) is 0.496. The number of aliphatic carboxylic acids is 1. The summed E-state index contributed by atoms with van der Waals surface area (Å²) in [6.45, 7) is 2.74. The summed E-state index contributed by atoms with van der Waals surface area (Å²) in [4.78, 5) is 39.7. The highest BCUT2D eigenvalue weighted by Gasteiger charge is 2.27. The van der Waals surface area contributed by atoms with Crippen LogP contribution < -0.4 is 16.7 Å². The minimum absolute atomic E-state index is 0.184. The minimum atomic E-state index is -1.33. The summed E-state index contributed by atoms with van der Waals surface area (Å²) in [5, 5.41) is 11.2. The van der Waals surface area contributed by atoms with Gasteiger partial charge in [-0.15, -0.1) is 0 Å². The van der Waals surface area contributed by atoms with Crippen molar-refractivity contribution in [2.45, 2.75) is 19.4 Å². The van der Waals surface area contributed by atoms with Gasteiger partial charge in [0, 0.05) is 0 Å². The van der Waals surface area contributed by atoms with Gasteiger partial charge in [-0.3, -0.25) is 9.97 Å². The summed E-state index contributed by atoms with van der Waals surface area (Å²) in [6, 6.07) is 0. The summed E-state index contributed by atoms with van der Waals surface area (Å²) in [5.41, 5.74) is -2.93. The van der Waals surface area contributed by atoms with Crippen LogP contribution in [0.4, 0.5) is 5.95 Å².